The van der Waals surface area contributed by atoms with Crippen molar-refractivity contribution in [2.45, 2.75) is 163 Å². The van der Waals surface area contributed by atoms with Gasteiger partial charge in [0.1, 0.15) is 6.31 Å². The van der Waals surface area contributed by atoms with Crippen molar-refractivity contribution in [2.24, 2.45) is 47.3 Å². The highest BCUT2D eigenvalue weighted by Crippen LogP contribution is 3.11. The Kier molecular flexibility index (Phi) is 4.40. The lowest BCUT2D eigenvalue weighted by Crippen LogP contribution is -2.68. The Morgan fingerprint density at radius 1 is 0.579 bits per heavy atom. The molecular weight excluding hydrogens is 503 g/mol. The highest BCUT2D eigenvalue weighted by Gasteiger charge is 3.19. The summed E-state index contributed by atoms with van der Waals surface area (Å²) in [6.07, 6.45) is 28.7. The van der Waals surface area contributed by atoms with E-state index in [4.69, 9.17) is 0 Å². The van der Waals surface area contributed by atoms with Crippen LogP contribution in [0.3, 0.4) is 0 Å². The van der Waals surface area contributed by atoms with E-state index in [0.717, 1.165) is 9.32 Å². The Balaban J connectivity index is 1.26. The molecule has 4 heteroatoms. The van der Waals surface area contributed by atoms with Gasteiger partial charge in [0, 0.05) is 22.2 Å². The fraction of sp³-hybridized carbons (Fsp3) is 1.00. The molecule has 0 atom stereocenters. The minimum atomic E-state index is -1.39. The van der Waals surface area contributed by atoms with E-state index in [1.165, 1.54) is 65.3 Å². The van der Waals surface area contributed by atoms with Gasteiger partial charge in [-0.15, -0.1) is 0 Å². The molecule has 0 aromatic carbocycles. The Bertz CT molecular complexity index is 958. The molecule has 208 valence electrons. The number of fused-ring (bicyclic) bond motifs is 4. The third-order valence-corrected chi connectivity index (χ3v) is 68.3. The van der Waals surface area contributed by atoms with Crippen molar-refractivity contribution in [3.63, 3.8) is 0 Å². The predicted molar refractivity (Wildman–Crippen MR) is 169 cm³/mol. The standard InChI is InChI=1S/C34H57BSi3/c1-32(2,3)36(4,5)38-33(26-14-22-12-23(16-26)17-27(33)15-22)37(38,35-30-8-6-9-31(35)11-7-10-30)34(38)28-18-24-13-25(20-28)21-29(34)19-24/h22-31H,6-21H2,1-5H3. The van der Waals surface area contributed by atoms with Crippen molar-refractivity contribution in [3.05, 3.63) is 0 Å². The van der Waals surface area contributed by atoms with Crippen molar-refractivity contribution in [3.8, 4) is 0 Å². The van der Waals surface area contributed by atoms with E-state index in [2.05, 4.69) is 33.9 Å². The quantitative estimate of drug-likeness (QED) is 0.295. The average molecular weight is 561 g/mol. The zero-order valence-corrected chi connectivity index (χ0v) is 28.7. The summed E-state index contributed by atoms with van der Waals surface area (Å²) >= 11 is 0. The van der Waals surface area contributed by atoms with Gasteiger partial charge in [-0.25, -0.2) is 0 Å². The molecule has 0 aromatic rings. The molecule has 12 fully saturated rings. The topological polar surface area (TPSA) is 0 Å². The van der Waals surface area contributed by atoms with Gasteiger partial charge in [0.05, 0.1) is 0 Å². The maximum Gasteiger partial charge on any atom is 0.138 e. The number of hydrogen-bond acceptors (Lipinski definition) is 0. The van der Waals surface area contributed by atoms with Gasteiger partial charge in [0.15, 0.2) is 0 Å². The molecule has 4 heterocycles. The van der Waals surface area contributed by atoms with E-state index in [1.54, 1.807) is 103 Å². The van der Waals surface area contributed by atoms with Crippen molar-refractivity contribution in [1.82, 2.24) is 0 Å². The third-order valence-electron chi connectivity index (χ3n) is 18.5. The van der Waals surface area contributed by atoms with Crippen LogP contribution in [0.5, 0.6) is 0 Å². The van der Waals surface area contributed by atoms with Crippen LogP contribution in [0.25, 0.3) is 0 Å². The van der Waals surface area contributed by atoms with Gasteiger partial charge in [-0.1, -0.05) is 84.0 Å². The van der Waals surface area contributed by atoms with Crippen LogP contribution in [0, 0.1) is 47.3 Å². The monoisotopic (exact) mass is 560 g/mol. The lowest BCUT2D eigenvalue weighted by Gasteiger charge is -2.72. The molecule has 0 N–H and O–H groups in total. The van der Waals surface area contributed by atoms with Crippen molar-refractivity contribution in [2.75, 3.05) is 0 Å². The van der Waals surface area contributed by atoms with Crippen LogP contribution >= 0.6 is 0 Å². The first-order chi connectivity index (χ1) is 18.2. The Hall–Kier alpha value is 0.716. The van der Waals surface area contributed by atoms with Crippen LogP contribution in [-0.2, 0) is 0 Å². The van der Waals surface area contributed by atoms with Gasteiger partial charge in [-0.05, 0) is 126 Å². The first-order valence-electron chi connectivity index (χ1n) is 18.2. The molecule has 12 rings (SSSR count). The lowest BCUT2D eigenvalue weighted by molar-refractivity contribution is -0.0225. The Morgan fingerprint density at radius 2 is 0.921 bits per heavy atom. The summed E-state index contributed by atoms with van der Waals surface area (Å²) in [4.78, 5) is 0. The summed E-state index contributed by atoms with van der Waals surface area (Å²) in [7, 11) is -4.07. The molecule has 10 bridgehead atoms. The molecule has 4 aliphatic heterocycles. The molecule has 0 aromatic heterocycles. The highest BCUT2D eigenvalue weighted by atomic mass is 29.7. The number of rotatable bonds is 2. The predicted octanol–water partition coefficient (Wildman–Crippen LogP) is 9.73. The molecule has 0 nitrogen and oxygen atoms in total. The fourth-order valence-corrected chi connectivity index (χ4v) is 103. The van der Waals surface area contributed by atoms with Crippen LogP contribution in [-0.4, -0.2) is 28.5 Å². The van der Waals surface area contributed by atoms with Crippen LogP contribution < -0.4 is 0 Å². The largest absolute Gasteiger partial charge is 0.138 e. The van der Waals surface area contributed by atoms with Gasteiger partial charge < -0.3 is 0 Å². The molecule has 12 aliphatic rings. The average Bonchev–Trinajstić information content (AvgIpc) is 3.64. The summed E-state index contributed by atoms with van der Waals surface area (Å²) in [5.41, 5.74) is 0. The fourth-order valence-electron chi connectivity index (χ4n) is 18.5. The summed E-state index contributed by atoms with van der Waals surface area (Å²) in [6.45, 7) is 14.8. The van der Waals surface area contributed by atoms with Crippen molar-refractivity contribution < 1.29 is 0 Å². The normalized spacial score (nSPS) is 62.6. The van der Waals surface area contributed by atoms with Crippen LogP contribution in [0.1, 0.15) is 124 Å². The van der Waals surface area contributed by atoms with E-state index in [9.17, 15) is 0 Å². The SMILES string of the molecule is CC(C)(C)[Si](C)(C)[Si]12C3(C4CC5CC(C4)CC3C5)[Si]1(B1C3CCCC1CCC3)C21C2CC3CC(C2)CC1C3. The summed E-state index contributed by atoms with van der Waals surface area (Å²) < 4.78 is 2.20. The first-order valence-corrected chi connectivity index (χ1v) is 27.2. The minimum absolute atomic E-state index is 0.636. The van der Waals surface area contributed by atoms with E-state index >= 15 is 0 Å². The molecule has 0 amide bonds. The highest BCUT2D eigenvalue weighted by molar-refractivity contribution is 8.10. The van der Waals surface area contributed by atoms with Crippen molar-refractivity contribution in [1.29, 1.82) is 0 Å². The van der Waals surface area contributed by atoms with E-state index < -0.39 is 22.2 Å². The molecular formula is C34H57BSi3. The molecule has 2 spiro atoms. The summed E-state index contributed by atoms with van der Waals surface area (Å²) in [5.74, 6) is 12.3. The van der Waals surface area contributed by atoms with Gasteiger partial charge >= 0.3 is 0 Å². The third kappa shape index (κ3) is 2.09. The Labute approximate surface area is 237 Å². The van der Waals surface area contributed by atoms with E-state index in [1.807, 2.05) is 0 Å². The van der Waals surface area contributed by atoms with Crippen LogP contribution in [0.2, 0.25) is 39.1 Å². The maximum atomic E-state index is 3.14. The van der Waals surface area contributed by atoms with Crippen molar-refractivity contribution >= 4 is 28.5 Å². The lowest BCUT2D eigenvalue weighted by atomic mass is 9.42. The molecule has 8 aliphatic carbocycles. The second-order valence-electron chi connectivity index (χ2n) is 19.7. The first kappa shape index (κ1) is 24.2. The van der Waals surface area contributed by atoms with Crippen LogP contribution in [0.4, 0.5) is 0 Å². The Morgan fingerprint density at radius 3 is 1.24 bits per heavy atom. The van der Waals surface area contributed by atoms with Gasteiger partial charge in [0.25, 0.3) is 0 Å². The van der Waals surface area contributed by atoms with E-state index in [-0.39, 0.29) is 0 Å². The molecule has 4 saturated heterocycles. The van der Waals surface area contributed by atoms with Gasteiger partial charge in [-0.3, -0.25) is 0 Å². The summed E-state index contributed by atoms with van der Waals surface area (Å²) in [6, 6.07) is 0. The zero-order chi connectivity index (χ0) is 25.7. The molecule has 8 saturated carbocycles. The molecule has 0 unspecified atom stereocenters. The molecule has 38 heavy (non-hydrogen) atoms. The second kappa shape index (κ2) is 6.92. The summed E-state index contributed by atoms with van der Waals surface area (Å²) in [5, 5.41) is 0.636. The number of hydrogen-bond donors (Lipinski definition) is 0. The van der Waals surface area contributed by atoms with Gasteiger partial charge in [-0.2, -0.15) is 0 Å². The molecule has 0 radical (unpaired) electrons. The minimum Gasteiger partial charge on any atom is -0.0711 e. The van der Waals surface area contributed by atoms with E-state index in [0.29, 0.717) is 5.04 Å². The maximum absolute atomic E-state index is 3.14. The smallest absolute Gasteiger partial charge is 0.0711 e. The zero-order valence-electron chi connectivity index (χ0n) is 25.7. The second-order valence-corrected chi connectivity index (χ2v) is 44.6. The van der Waals surface area contributed by atoms with Crippen LogP contribution in [0.15, 0.2) is 0 Å². The van der Waals surface area contributed by atoms with Gasteiger partial charge in [0.2, 0.25) is 0 Å².